The SMILES string of the molecule is CCC1(OC(=O)CCN2CCCCC2)C(=O)CCCc2c1cc1n(c2=O)Cc2c-1nc1cc3c(cc1c2C)OCO3. The molecule has 9 nitrogen and oxygen atoms in total. The Balaban J connectivity index is 1.31. The molecule has 0 saturated carbocycles. The number of carbonyl (C=O) groups excluding carboxylic acids is 2. The van der Waals surface area contributed by atoms with Gasteiger partial charge < -0.3 is 23.7 Å². The highest BCUT2D eigenvalue weighted by molar-refractivity contribution is 5.93. The number of benzene rings is 1. The fraction of sp³-hybridized carbons (Fsp3) is 0.500. The second-order valence-electron chi connectivity index (χ2n) is 11.7. The number of ketones is 1. The van der Waals surface area contributed by atoms with Crippen LogP contribution in [0.5, 0.6) is 11.5 Å². The van der Waals surface area contributed by atoms with Crippen molar-refractivity contribution < 1.29 is 23.8 Å². The minimum Gasteiger partial charge on any atom is -0.454 e. The minimum atomic E-state index is -1.47. The number of pyridine rings is 2. The van der Waals surface area contributed by atoms with Crippen LogP contribution in [0.25, 0.3) is 22.3 Å². The lowest BCUT2D eigenvalue weighted by Crippen LogP contribution is -2.42. The van der Waals surface area contributed by atoms with Gasteiger partial charge in [0.05, 0.1) is 29.9 Å². The number of likely N-dealkylation sites (tertiary alicyclic amines) is 1. The molecule has 0 bridgehead atoms. The van der Waals surface area contributed by atoms with Crippen LogP contribution in [0.4, 0.5) is 0 Å². The number of esters is 1. The number of hydrogen-bond donors (Lipinski definition) is 0. The molecule has 1 fully saturated rings. The summed E-state index contributed by atoms with van der Waals surface area (Å²) in [6.45, 7) is 7.08. The van der Waals surface area contributed by atoms with E-state index >= 15 is 0 Å². The lowest BCUT2D eigenvalue weighted by molar-refractivity contribution is -0.170. The summed E-state index contributed by atoms with van der Waals surface area (Å²) in [4.78, 5) is 48.3. The third-order valence-corrected chi connectivity index (χ3v) is 9.41. The van der Waals surface area contributed by atoms with E-state index in [-0.39, 0.29) is 37.4 Å². The van der Waals surface area contributed by atoms with Crippen molar-refractivity contribution in [1.82, 2.24) is 14.5 Å². The maximum absolute atomic E-state index is 14.1. The maximum atomic E-state index is 14.1. The molecule has 7 rings (SSSR count). The zero-order valence-electron chi connectivity index (χ0n) is 23.7. The Kier molecular flexibility index (Phi) is 6.37. The van der Waals surface area contributed by atoms with E-state index in [2.05, 4.69) is 4.90 Å². The first-order valence-corrected chi connectivity index (χ1v) is 14.9. The lowest BCUT2D eigenvalue weighted by atomic mass is 9.84. The Morgan fingerprint density at radius 2 is 1.80 bits per heavy atom. The number of aryl methyl sites for hydroxylation is 1. The van der Waals surface area contributed by atoms with Gasteiger partial charge in [0.2, 0.25) is 6.79 Å². The van der Waals surface area contributed by atoms with E-state index in [1.54, 1.807) is 4.57 Å². The Bertz CT molecular complexity index is 1650. The van der Waals surface area contributed by atoms with Crippen molar-refractivity contribution in [3.8, 4) is 22.9 Å². The number of carbonyl (C=O) groups is 2. The maximum Gasteiger partial charge on any atom is 0.308 e. The molecule has 1 aromatic carbocycles. The van der Waals surface area contributed by atoms with E-state index < -0.39 is 11.6 Å². The van der Waals surface area contributed by atoms with Crippen LogP contribution < -0.4 is 15.0 Å². The van der Waals surface area contributed by atoms with Gasteiger partial charge in [-0.05, 0) is 69.8 Å². The van der Waals surface area contributed by atoms with Gasteiger partial charge in [0, 0.05) is 41.1 Å². The molecule has 0 amide bonds. The topological polar surface area (TPSA) is 100.0 Å². The molecule has 3 aliphatic heterocycles. The summed E-state index contributed by atoms with van der Waals surface area (Å²) in [5.41, 5.74) is 3.62. The minimum absolute atomic E-state index is 0.134. The van der Waals surface area contributed by atoms with Gasteiger partial charge in [-0.15, -0.1) is 0 Å². The van der Waals surface area contributed by atoms with E-state index in [0.717, 1.165) is 48.0 Å². The van der Waals surface area contributed by atoms with Crippen LogP contribution in [0.1, 0.15) is 74.1 Å². The average Bonchev–Trinajstić information content (AvgIpc) is 3.57. The Morgan fingerprint density at radius 3 is 2.59 bits per heavy atom. The predicted molar refractivity (Wildman–Crippen MR) is 152 cm³/mol. The number of rotatable bonds is 5. The molecule has 0 radical (unpaired) electrons. The number of nitrogens with zero attached hydrogens (tertiary/aromatic N) is 3. The van der Waals surface area contributed by atoms with Crippen LogP contribution in [0.2, 0.25) is 0 Å². The predicted octanol–water partition coefficient (Wildman–Crippen LogP) is 4.39. The van der Waals surface area contributed by atoms with Crippen molar-refractivity contribution in [2.45, 2.75) is 77.4 Å². The van der Waals surface area contributed by atoms with E-state index in [9.17, 15) is 14.4 Å². The third-order valence-electron chi connectivity index (χ3n) is 9.41. The molecule has 0 spiro atoms. The van der Waals surface area contributed by atoms with Gasteiger partial charge in [0.1, 0.15) is 0 Å². The molecule has 3 aromatic rings. The van der Waals surface area contributed by atoms with Crippen LogP contribution in [0.15, 0.2) is 23.0 Å². The summed E-state index contributed by atoms with van der Waals surface area (Å²) in [6.07, 6.45) is 5.29. The van der Waals surface area contributed by atoms with Crippen LogP contribution >= 0.6 is 0 Å². The van der Waals surface area contributed by atoms with Crippen molar-refractivity contribution in [3.05, 3.63) is 50.8 Å². The fourth-order valence-electron chi connectivity index (χ4n) is 7.09. The molecule has 1 saturated heterocycles. The zero-order valence-corrected chi connectivity index (χ0v) is 23.7. The first-order chi connectivity index (χ1) is 19.9. The largest absolute Gasteiger partial charge is 0.454 e. The quantitative estimate of drug-likeness (QED) is 0.263. The summed E-state index contributed by atoms with van der Waals surface area (Å²) < 4.78 is 19.1. The number of ether oxygens (including phenoxy) is 3. The van der Waals surface area contributed by atoms with E-state index in [1.807, 2.05) is 32.0 Å². The van der Waals surface area contributed by atoms with Gasteiger partial charge in [-0.25, -0.2) is 4.98 Å². The smallest absolute Gasteiger partial charge is 0.308 e. The first kappa shape index (κ1) is 26.2. The summed E-state index contributed by atoms with van der Waals surface area (Å²) in [6, 6.07) is 5.73. The summed E-state index contributed by atoms with van der Waals surface area (Å²) >= 11 is 0. The molecule has 214 valence electrons. The van der Waals surface area contributed by atoms with E-state index in [4.69, 9.17) is 19.2 Å². The van der Waals surface area contributed by atoms with Crippen LogP contribution in [-0.2, 0) is 32.9 Å². The molecule has 1 atom stereocenters. The molecule has 1 aliphatic carbocycles. The van der Waals surface area contributed by atoms with Crippen molar-refractivity contribution in [1.29, 1.82) is 0 Å². The summed E-state index contributed by atoms with van der Waals surface area (Å²) in [5, 5.41) is 0.955. The van der Waals surface area contributed by atoms with Crippen molar-refractivity contribution in [2.24, 2.45) is 0 Å². The van der Waals surface area contributed by atoms with Gasteiger partial charge in [0.25, 0.3) is 5.56 Å². The second-order valence-corrected chi connectivity index (χ2v) is 11.7. The highest BCUT2D eigenvalue weighted by Crippen LogP contribution is 2.44. The van der Waals surface area contributed by atoms with Crippen molar-refractivity contribution >= 4 is 22.7 Å². The first-order valence-electron chi connectivity index (χ1n) is 14.9. The molecular weight excluding hydrogens is 522 g/mol. The number of hydrogen-bond acceptors (Lipinski definition) is 8. The van der Waals surface area contributed by atoms with Gasteiger partial charge in [-0.2, -0.15) is 0 Å². The van der Waals surface area contributed by atoms with Crippen molar-refractivity contribution in [3.63, 3.8) is 0 Å². The lowest BCUT2D eigenvalue weighted by Gasteiger charge is -2.33. The van der Waals surface area contributed by atoms with E-state index in [1.165, 1.54) is 6.42 Å². The van der Waals surface area contributed by atoms with Gasteiger partial charge in [-0.3, -0.25) is 14.4 Å². The number of fused-ring (bicyclic) bond motifs is 6. The molecule has 41 heavy (non-hydrogen) atoms. The molecule has 4 aliphatic rings. The molecule has 9 heteroatoms. The molecular formula is C32H35N3O6. The van der Waals surface area contributed by atoms with Gasteiger partial charge >= 0.3 is 5.97 Å². The van der Waals surface area contributed by atoms with Gasteiger partial charge in [-0.1, -0.05) is 13.3 Å². The third kappa shape index (κ3) is 4.16. The standard InChI is InChI=1S/C32H35N3O6/c1-3-32(41-29(37)10-13-34-11-5-4-6-12-34)23-15-25-30-22(17-35(25)31(38)20(23)8-7-9-28(32)36)19(2)21-14-26-27(40-18-39-26)16-24(21)33-30/h14-16H,3-13,17-18H2,1-2H3. The number of Topliss-reactive ketones (excluding diaryl/α,β-unsaturated/α-hetero) is 1. The molecule has 5 heterocycles. The van der Waals surface area contributed by atoms with Crippen LogP contribution in [-0.4, -0.2) is 52.6 Å². The van der Waals surface area contributed by atoms with Crippen molar-refractivity contribution in [2.75, 3.05) is 26.4 Å². The molecule has 2 aromatic heterocycles. The van der Waals surface area contributed by atoms with E-state index in [0.29, 0.717) is 59.9 Å². The Morgan fingerprint density at radius 1 is 1.02 bits per heavy atom. The highest BCUT2D eigenvalue weighted by atomic mass is 16.7. The highest BCUT2D eigenvalue weighted by Gasteiger charge is 2.46. The normalized spacial score (nSPS) is 21.4. The fourth-order valence-corrected chi connectivity index (χ4v) is 7.09. The molecule has 1 unspecified atom stereocenters. The summed E-state index contributed by atoms with van der Waals surface area (Å²) in [5.74, 6) is 0.808. The number of piperidine rings is 1. The van der Waals surface area contributed by atoms with Crippen LogP contribution in [0, 0.1) is 6.92 Å². The molecule has 0 N–H and O–H groups in total. The Hall–Kier alpha value is -3.72. The van der Waals surface area contributed by atoms with Gasteiger partial charge in [0.15, 0.2) is 22.9 Å². The average molecular weight is 558 g/mol. The second kappa shape index (κ2) is 9.98. The van der Waals surface area contributed by atoms with Crippen LogP contribution in [0.3, 0.4) is 0 Å². The number of aromatic nitrogens is 2. The summed E-state index contributed by atoms with van der Waals surface area (Å²) in [7, 11) is 0. The monoisotopic (exact) mass is 557 g/mol. The Labute approximate surface area is 238 Å². The zero-order chi connectivity index (χ0) is 28.3.